The summed E-state index contributed by atoms with van der Waals surface area (Å²) >= 11 is 0. The monoisotopic (exact) mass is 322 g/mol. The van der Waals surface area contributed by atoms with Gasteiger partial charge >= 0.3 is 6.03 Å². The third-order valence-electron chi connectivity index (χ3n) is 3.14. The van der Waals surface area contributed by atoms with Crippen molar-refractivity contribution in [3.8, 4) is 0 Å². The lowest BCUT2D eigenvalue weighted by molar-refractivity contribution is 0.183. The Morgan fingerprint density at radius 2 is 2.17 bits per heavy atom. The maximum absolute atomic E-state index is 14.0. The first-order chi connectivity index (χ1) is 11.0. The number of hydrogen-bond donors (Lipinski definition) is 3. The van der Waals surface area contributed by atoms with Gasteiger partial charge in [-0.05, 0) is 19.4 Å². The van der Waals surface area contributed by atoms with E-state index in [0.29, 0.717) is 18.9 Å². The number of hydrogen-bond acceptors (Lipinski definition) is 5. The lowest BCUT2D eigenvalue weighted by Crippen LogP contribution is -2.40. The molecule has 0 bridgehead atoms. The normalized spacial score (nSPS) is 13.4. The average Bonchev–Trinajstić information content (AvgIpc) is 2.91. The SMILES string of the molecule is Cc1nc(C(NC(=O)NCCC(C)O)c2ccccc2F)no1. The van der Waals surface area contributed by atoms with Crippen LogP contribution >= 0.6 is 0 Å². The van der Waals surface area contributed by atoms with Gasteiger partial charge in [0.15, 0.2) is 5.82 Å². The molecule has 7 nitrogen and oxygen atoms in total. The van der Waals surface area contributed by atoms with E-state index in [0.717, 1.165) is 0 Å². The van der Waals surface area contributed by atoms with E-state index < -0.39 is 24.0 Å². The molecule has 0 aliphatic rings. The largest absolute Gasteiger partial charge is 0.393 e. The van der Waals surface area contributed by atoms with Gasteiger partial charge in [-0.15, -0.1) is 0 Å². The Labute approximate surface area is 132 Å². The second-order valence-corrected chi connectivity index (χ2v) is 5.16. The van der Waals surface area contributed by atoms with Gasteiger partial charge in [0.05, 0.1) is 6.10 Å². The molecule has 0 fully saturated rings. The zero-order chi connectivity index (χ0) is 16.8. The molecule has 0 aliphatic heterocycles. The Bertz CT molecular complexity index is 660. The van der Waals surface area contributed by atoms with E-state index in [-0.39, 0.29) is 11.4 Å². The predicted molar refractivity (Wildman–Crippen MR) is 80.1 cm³/mol. The number of benzene rings is 1. The molecule has 0 aliphatic carbocycles. The summed E-state index contributed by atoms with van der Waals surface area (Å²) in [4.78, 5) is 16.1. The van der Waals surface area contributed by atoms with Crippen LogP contribution in [-0.2, 0) is 0 Å². The summed E-state index contributed by atoms with van der Waals surface area (Å²) in [5.74, 6) is 0.000150. The fourth-order valence-electron chi connectivity index (χ4n) is 2.00. The molecule has 0 radical (unpaired) electrons. The number of aliphatic hydroxyl groups excluding tert-OH is 1. The van der Waals surface area contributed by atoms with Crippen molar-refractivity contribution in [2.24, 2.45) is 0 Å². The molecule has 0 saturated carbocycles. The smallest absolute Gasteiger partial charge is 0.315 e. The highest BCUT2D eigenvalue weighted by Gasteiger charge is 2.24. The molecule has 2 atom stereocenters. The maximum atomic E-state index is 14.0. The minimum Gasteiger partial charge on any atom is -0.393 e. The average molecular weight is 322 g/mol. The minimum absolute atomic E-state index is 0.165. The first-order valence-electron chi connectivity index (χ1n) is 7.24. The number of aryl methyl sites for hydroxylation is 1. The van der Waals surface area contributed by atoms with E-state index in [1.165, 1.54) is 6.07 Å². The fraction of sp³-hybridized carbons (Fsp3) is 0.400. The number of nitrogens with one attached hydrogen (secondary N) is 2. The summed E-state index contributed by atoms with van der Waals surface area (Å²) in [7, 11) is 0. The number of rotatable bonds is 6. The number of urea groups is 1. The molecule has 1 aromatic heterocycles. The number of nitrogens with zero attached hydrogens (tertiary/aromatic N) is 2. The standard InChI is InChI=1S/C15H19FN4O3/c1-9(21)7-8-17-15(22)19-13(14-18-10(2)23-20-14)11-5-3-4-6-12(11)16/h3-6,9,13,21H,7-8H2,1-2H3,(H2,17,19,22). The molecule has 2 rings (SSSR count). The molecule has 23 heavy (non-hydrogen) atoms. The van der Waals surface area contributed by atoms with E-state index in [1.54, 1.807) is 32.0 Å². The zero-order valence-electron chi connectivity index (χ0n) is 12.9. The Balaban J connectivity index is 2.15. The number of aromatic nitrogens is 2. The molecule has 2 unspecified atom stereocenters. The van der Waals surface area contributed by atoms with Crippen molar-refractivity contribution >= 4 is 6.03 Å². The third-order valence-corrected chi connectivity index (χ3v) is 3.14. The zero-order valence-corrected chi connectivity index (χ0v) is 12.9. The highest BCUT2D eigenvalue weighted by atomic mass is 19.1. The molecular formula is C15H19FN4O3. The highest BCUT2D eigenvalue weighted by molar-refractivity contribution is 5.74. The van der Waals surface area contributed by atoms with E-state index >= 15 is 0 Å². The van der Waals surface area contributed by atoms with Crippen LogP contribution in [0, 0.1) is 12.7 Å². The number of aliphatic hydroxyl groups is 1. The van der Waals surface area contributed by atoms with Crippen molar-refractivity contribution in [1.82, 2.24) is 20.8 Å². The highest BCUT2D eigenvalue weighted by Crippen LogP contribution is 2.22. The van der Waals surface area contributed by atoms with E-state index in [4.69, 9.17) is 4.52 Å². The molecule has 0 spiro atoms. The maximum Gasteiger partial charge on any atom is 0.315 e. The molecule has 0 saturated heterocycles. The summed E-state index contributed by atoms with van der Waals surface area (Å²) in [6.07, 6.45) is -0.100. The Hall–Kier alpha value is -2.48. The molecular weight excluding hydrogens is 303 g/mol. The van der Waals surface area contributed by atoms with Gasteiger partial charge in [0, 0.05) is 19.0 Å². The van der Waals surface area contributed by atoms with Crippen LogP contribution in [0.5, 0.6) is 0 Å². The van der Waals surface area contributed by atoms with Crippen molar-refractivity contribution in [3.05, 3.63) is 47.4 Å². The van der Waals surface area contributed by atoms with Crippen molar-refractivity contribution in [1.29, 1.82) is 0 Å². The van der Waals surface area contributed by atoms with Crippen molar-refractivity contribution in [2.75, 3.05) is 6.54 Å². The predicted octanol–water partition coefficient (Wildman–Crippen LogP) is 1.68. The molecule has 2 amide bonds. The minimum atomic E-state index is -0.875. The molecule has 1 aromatic carbocycles. The Morgan fingerprint density at radius 1 is 1.43 bits per heavy atom. The molecule has 8 heteroatoms. The summed E-state index contributed by atoms with van der Waals surface area (Å²) in [5.41, 5.74) is 0.235. The van der Waals surface area contributed by atoms with Gasteiger partial charge in [0.25, 0.3) is 0 Å². The topological polar surface area (TPSA) is 100 Å². The molecule has 2 aromatic rings. The van der Waals surface area contributed by atoms with Gasteiger partial charge < -0.3 is 20.3 Å². The molecule has 3 N–H and O–H groups in total. The first kappa shape index (κ1) is 16.9. The van der Waals surface area contributed by atoms with Crippen LogP contribution in [0.1, 0.15) is 36.7 Å². The van der Waals surface area contributed by atoms with E-state index in [9.17, 15) is 14.3 Å². The van der Waals surface area contributed by atoms with Gasteiger partial charge in [0.2, 0.25) is 5.89 Å². The second-order valence-electron chi connectivity index (χ2n) is 5.16. The summed E-state index contributed by atoms with van der Waals surface area (Å²) in [6.45, 7) is 3.53. The first-order valence-corrected chi connectivity index (χ1v) is 7.24. The number of carbonyl (C=O) groups is 1. The number of halogens is 1. The lowest BCUT2D eigenvalue weighted by Gasteiger charge is -2.17. The van der Waals surface area contributed by atoms with Crippen molar-refractivity contribution in [2.45, 2.75) is 32.4 Å². The van der Waals surface area contributed by atoms with E-state index in [1.807, 2.05) is 0 Å². The third kappa shape index (κ3) is 4.75. The fourth-order valence-corrected chi connectivity index (χ4v) is 2.00. The molecule has 124 valence electrons. The lowest BCUT2D eigenvalue weighted by atomic mass is 10.1. The van der Waals surface area contributed by atoms with Crippen LogP contribution in [0.15, 0.2) is 28.8 Å². The summed E-state index contributed by atoms with van der Waals surface area (Å²) in [5, 5.41) is 18.2. The van der Waals surface area contributed by atoms with Crippen LogP contribution in [0.3, 0.4) is 0 Å². The second kappa shape index (κ2) is 7.68. The van der Waals surface area contributed by atoms with Crippen LogP contribution < -0.4 is 10.6 Å². The summed E-state index contributed by atoms with van der Waals surface area (Å²) in [6, 6.07) is 4.66. The quantitative estimate of drug-likeness (QED) is 0.751. The van der Waals surface area contributed by atoms with Gasteiger partial charge in [-0.25, -0.2) is 9.18 Å². The van der Waals surface area contributed by atoms with Gasteiger partial charge in [0.1, 0.15) is 11.9 Å². The summed E-state index contributed by atoms with van der Waals surface area (Å²) < 4.78 is 19.0. The number of amides is 2. The van der Waals surface area contributed by atoms with Crippen molar-refractivity contribution in [3.63, 3.8) is 0 Å². The molecule has 1 heterocycles. The van der Waals surface area contributed by atoms with Crippen LogP contribution in [-0.4, -0.2) is 33.9 Å². The Morgan fingerprint density at radius 3 is 2.78 bits per heavy atom. The van der Waals surface area contributed by atoms with Gasteiger partial charge in [-0.3, -0.25) is 0 Å². The van der Waals surface area contributed by atoms with Crippen LogP contribution in [0.2, 0.25) is 0 Å². The van der Waals surface area contributed by atoms with Gasteiger partial charge in [-0.1, -0.05) is 23.4 Å². The van der Waals surface area contributed by atoms with E-state index in [2.05, 4.69) is 20.8 Å². The van der Waals surface area contributed by atoms with Crippen LogP contribution in [0.4, 0.5) is 9.18 Å². The van der Waals surface area contributed by atoms with Gasteiger partial charge in [-0.2, -0.15) is 4.98 Å². The Kier molecular flexibility index (Phi) is 5.64. The van der Waals surface area contributed by atoms with Crippen molar-refractivity contribution < 1.29 is 18.8 Å². The van der Waals surface area contributed by atoms with Crippen LogP contribution in [0.25, 0.3) is 0 Å². The number of carbonyl (C=O) groups excluding carboxylic acids is 1.